The third-order valence-corrected chi connectivity index (χ3v) is 3.71. The third kappa shape index (κ3) is 2.03. The van der Waals surface area contributed by atoms with Crippen LogP contribution in [0.5, 0.6) is 0 Å². The predicted octanol–water partition coefficient (Wildman–Crippen LogP) is 3.55. The predicted molar refractivity (Wildman–Crippen MR) is 74.6 cm³/mol. The van der Waals surface area contributed by atoms with Crippen molar-refractivity contribution in [3.05, 3.63) is 39.8 Å². The Morgan fingerprint density at radius 3 is 2.33 bits per heavy atom. The molecule has 0 fully saturated rings. The van der Waals surface area contributed by atoms with E-state index in [0.717, 1.165) is 34.0 Å². The Morgan fingerprint density at radius 2 is 1.83 bits per heavy atom. The fourth-order valence-corrected chi connectivity index (χ4v) is 2.44. The molecule has 0 atom stereocenters. The van der Waals surface area contributed by atoms with E-state index in [-0.39, 0.29) is 0 Å². The minimum atomic E-state index is 0.450. The van der Waals surface area contributed by atoms with Crippen molar-refractivity contribution in [2.24, 2.45) is 0 Å². The van der Waals surface area contributed by atoms with E-state index < -0.39 is 0 Å². The van der Waals surface area contributed by atoms with Gasteiger partial charge >= 0.3 is 0 Å². The van der Waals surface area contributed by atoms with Crippen molar-refractivity contribution in [3.8, 4) is 5.82 Å². The van der Waals surface area contributed by atoms with Gasteiger partial charge in [0.05, 0.1) is 11.6 Å². The van der Waals surface area contributed by atoms with E-state index in [1.807, 2.05) is 18.5 Å². The molecular weight excluding hydrogens is 246 g/mol. The number of aryl methyl sites for hydroxylation is 3. The molecule has 4 heteroatoms. The van der Waals surface area contributed by atoms with Gasteiger partial charge in [0.1, 0.15) is 0 Å². The number of halogens is 1. The van der Waals surface area contributed by atoms with Gasteiger partial charge in [-0.15, -0.1) is 11.6 Å². The number of hydrogen-bond acceptors (Lipinski definition) is 2. The van der Waals surface area contributed by atoms with E-state index in [9.17, 15) is 0 Å². The first-order valence-electron chi connectivity index (χ1n) is 6.02. The first kappa shape index (κ1) is 13.1. The summed E-state index contributed by atoms with van der Waals surface area (Å²) in [5.74, 6) is 1.31. The van der Waals surface area contributed by atoms with Gasteiger partial charge in [-0.05, 0) is 51.8 Å². The normalized spacial score (nSPS) is 11.0. The lowest BCUT2D eigenvalue weighted by molar-refractivity contribution is 0.789. The highest BCUT2D eigenvalue weighted by molar-refractivity contribution is 6.17. The number of rotatable bonds is 2. The fraction of sp³-hybridized carbons (Fsp3) is 0.429. The van der Waals surface area contributed by atoms with Crippen molar-refractivity contribution < 1.29 is 0 Å². The Morgan fingerprint density at radius 1 is 1.17 bits per heavy atom. The van der Waals surface area contributed by atoms with Crippen LogP contribution in [0.1, 0.15) is 33.8 Å². The minimum Gasteiger partial charge on any atom is -0.234 e. The largest absolute Gasteiger partial charge is 0.234 e. The van der Waals surface area contributed by atoms with Gasteiger partial charge in [-0.2, -0.15) is 5.10 Å². The molecule has 0 saturated carbocycles. The summed E-state index contributed by atoms with van der Waals surface area (Å²) >= 11 is 6.06. The Bertz CT molecular complexity index is 600. The van der Waals surface area contributed by atoms with Crippen LogP contribution in [0.3, 0.4) is 0 Å². The summed E-state index contributed by atoms with van der Waals surface area (Å²) in [5, 5.41) is 4.57. The Balaban J connectivity index is 2.73. The van der Waals surface area contributed by atoms with Gasteiger partial charge in [-0.25, -0.2) is 9.67 Å². The molecule has 2 aromatic heterocycles. The van der Waals surface area contributed by atoms with Crippen molar-refractivity contribution in [2.75, 3.05) is 0 Å². The van der Waals surface area contributed by atoms with Gasteiger partial charge < -0.3 is 0 Å². The van der Waals surface area contributed by atoms with Crippen molar-refractivity contribution >= 4 is 11.6 Å². The Labute approximate surface area is 113 Å². The maximum atomic E-state index is 6.06. The quantitative estimate of drug-likeness (QED) is 0.776. The Hall–Kier alpha value is -1.35. The van der Waals surface area contributed by atoms with Crippen LogP contribution in [-0.2, 0) is 5.88 Å². The highest BCUT2D eigenvalue weighted by Crippen LogP contribution is 2.23. The Kier molecular flexibility index (Phi) is 3.44. The second-order valence-electron chi connectivity index (χ2n) is 4.72. The van der Waals surface area contributed by atoms with E-state index >= 15 is 0 Å². The minimum absolute atomic E-state index is 0.450. The average molecular weight is 264 g/mol. The van der Waals surface area contributed by atoms with Crippen LogP contribution >= 0.6 is 11.6 Å². The lowest BCUT2D eigenvalue weighted by Gasteiger charge is -2.12. The van der Waals surface area contributed by atoms with Crippen LogP contribution in [0.25, 0.3) is 5.82 Å². The molecule has 2 aromatic rings. The molecule has 0 spiro atoms. The van der Waals surface area contributed by atoms with E-state index in [2.05, 4.69) is 36.9 Å². The SMILES string of the molecule is Cc1cc(C)c(CCl)c(-n2nc(C)c(C)c2C)n1. The molecule has 0 unspecified atom stereocenters. The van der Waals surface area contributed by atoms with Crippen molar-refractivity contribution in [2.45, 2.75) is 40.5 Å². The van der Waals surface area contributed by atoms with Gasteiger partial charge in [-0.3, -0.25) is 0 Å². The first-order chi connectivity index (χ1) is 8.45. The number of hydrogen-bond donors (Lipinski definition) is 0. The van der Waals surface area contributed by atoms with Gasteiger partial charge in [-0.1, -0.05) is 0 Å². The molecule has 0 aliphatic rings. The second-order valence-corrected chi connectivity index (χ2v) is 4.99. The summed E-state index contributed by atoms with van der Waals surface area (Å²) in [6, 6.07) is 2.06. The second kappa shape index (κ2) is 4.73. The van der Waals surface area contributed by atoms with Crippen LogP contribution in [0, 0.1) is 34.6 Å². The zero-order chi connectivity index (χ0) is 13.4. The van der Waals surface area contributed by atoms with Gasteiger partial charge in [0.2, 0.25) is 0 Å². The third-order valence-electron chi connectivity index (χ3n) is 3.44. The van der Waals surface area contributed by atoms with Gasteiger partial charge in [0.15, 0.2) is 5.82 Å². The molecule has 3 nitrogen and oxygen atoms in total. The molecule has 0 aliphatic heterocycles. The first-order valence-corrected chi connectivity index (χ1v) is 6.55. The average Bonchev–Trinajstić information content (AvgIpc) is 2.56. The number of pyridine rings is 1. The van der Waals surface area contributed by atoms with E-state index in [1.54, 1.807) is 0 Å². The topological polar surface area (TPSA) is 30.7 Å². The molecular formula is C14H18ClN3. The monoisotopic (exact) mass is 263 g/mol. The standard InChI is InChI=1S/C14H18ClN3/c1-8-6-9(2)16-14(13(8)7-15)18-12(5)10(3)11(4)17-18/h6H,7H2,1-5H3. The molecule has 0 aromatic carbocycles. The fourth-order valence-electron chi connectivity index (χ4n) is 2.11. The highest BCUT2D eigenvalue weighted by Gasteiger charge is 2.15. The highest BCUT2D eigenvalue weighted by atomic mass is 35.5. The zero-order valence-electron chi connectivity index (χ0n) is 11.5. The molecule has 0 saturated heterocycles. The summed E-state index contributed by atoms with van der Waals surface area (Å²) < 4.78 is 1.91. The smallest absolute Gasteiger partial charge is 0.158 e. The van der Waals surface area contributed by atoms with Crippen LogP contribution in [0.2, 0.25) is 0 Å². The molecule has 0 bridgehead atoms. The maximum Gasteiger partial charge on any atom is 0.158 e. The number of alkyl halides is 1. The van der Waals surface area contributed by atoms with Crippen molar-refractivity contribution in [3.63, 3.8) is 0 Å². The molecule has 2 rings (SSSR count). The molecule has 0 radical (unpaired) electrons. The molecule has 0 amide bonds. The van der Waals surface area contributed by atoms with E-state index in [1.165, 1.54) is 5.56 Å². The van der Waals surface area contributed by atoms with Crippen LogP contribution in [0.15, 0.2) is 6.07 Å². The van der Waals surface area contributed by atoms with Gasteiger partial charge in [0, 0.05) is 17.0 Å². The van der Waals surface area contributed by atoms with Crippen LogP contribution in [-0.4, -0.2) is 14.8 Å². The number of aromatic nitrogens is 3. The molecule has 2 heterocycles. The summed E-state index contributed by atoms with van der Waals surface area (Å²) in [5.41, 5.74) is 6.56. The van der Waals surface area contributed by atoms with E-state index in [4.69, 9.17) is 11.6 Å². The van der Waals surface area contributed by atoms with Gasteiger partial charge in [0.25, 0.3) is 0 Å². The maximum absolute atomic E-state index is 6.06. The molecule has 0 aliphatic carbocycles. The summed E-state index contributed by atoms with van der Waals surface area (Å²) in [6.07, 6.45) is 0. The lowest BCUT2D eigenvalue weighted by atomic mass is 10.1. The van der Waals surface area contributed by atoms with Crippen molar-refractivity contribution in [1.82, 2.24) is 14.8 Å². The summed E-state index contributed by atoms with van der Waals surface area (Å²) in [6.45, 7) is 10.2. The lowest BCUT2D eigenvalue weighted by Crippen LogP contribution is -2.08. The number of nitrogens with zero attached hydrogens (tertiary/aromatic N) is 3. The van der Waals surface area contributed by atoms with Crippen molar-refractivity contribution in [1.29, 1.82) is 0 Å². The summed E-state index contributed by atoms with van der Waals surface area (Å²) in [7, 11) is 0. The summed E-state index contributed by atoms with van der Waals surface area (Å²) in [4.78, 5) is 4.61. The molecule has 96 valence electrons. The molecule has 18 heavy (non-hydrogen) atoms. The molecule has 0 N–H and O–H groups in total. The van der Waals surface area contributed by atoms with Crippen LogP contribution in [0.4, 0.5) is 0 Å². The van der Waals surface area contributed by atoms with Crippen LogP contribution < -0.4 is 0 Å². The van der Waals surface area contributed by atoms with E-state index in [0.29, 0.717) is 5.88 Å². The zero-order valence-corrected chi connectivity index (χ0v) is 12.3.